The van der Waals surface area contributed by atoms with E-state index < -0.39 is 0 Å². The molecule has 82 valence electrons. The summed E-state index contributed by atoms with van der Waals surface area (Å²) >= 11 is 1.69. The molecule has 0 saturated carbocycles. The van der Waals surface area contributed by atoms with Crippen molar-refractivity contribution in [1.29, 1.82) is 0 Å². The number of aromatic nitrogens is 2. The quantitative estimate of drug-likeness (QED) is 0.861. The molecule has 2 atom stereocenters. The van der Waals surface area contributed by atoms with Crippen molar-refractivity contribution in [3.05, 3.63) is 23.5 Å². The zero-order valence-electron chi connectivity index (χ0n) is 9.40. The predicted molar refractivity (Wildman–Crippen MR) is 64.5 cm³/mol. The number of nitrogens with one attached hydrogen (secondary N) is 1. The van der Waals surface area contributed by atoms with Gasteiger partial charge in [-0.2, -0.15) is 0 Å². The third-order valence-electron chi connectivity index (χ3n) is 2.98. The zero-order valence-corrected chi connectivity index (χ0v) is 10.2. The van der Waals surface area contributed by atoms with Crippen LogP contribution in [0.4, 0.5) is 0 Å². The van der Waals surface area contributed by atoms with Gasteiger partial charge < -0.3 is 5.32 Å². The summed E-state index contributed by atoms with van der Waals surface area (Å²) in [6, 6.07) is 0.532. The first-order valence-corrected chi connectivity index (χ1v) is 6.17. The van der Waals surface area contributed by atoms with Crippen LogP contribution in [0.2, 0.25) is 0 Å². The third-order valence-corrected chi connectivity index (χ3v) is 3.75. The fraction of sp³-hybridized carbons (Fsp3) is 0.545. The van der Waals surface area contributed by atoms with Crippen LogP contribution in [0.15, 0.2) is 17.8 Å². The minimum Gasteiger partial charge on any atom is -0.317 e. The van der Waals surface area contributed by atoms with E-state index in [0.29, 0.717) is 12.0 Å². The highest BCUT2D eigenvalue weighted by Crippen LogP contribution is 2.15. The lowest BCUT2D eigenvalue weighted by Crippen LogP contribution is -2.29. The molecule has 0 fully saturated rings. The number of hydrogen-bond acceptors (Lipinski definition) is 3. The van der Waals surface area contributed by atoms with Crippen molar-refractivity contribution in [2.45, 2.75) is 26.3 Å². The van der Waals surface area contributed by atoms with Crippen molar-refractivity contribution >= 4 is 16.3 Å². The molecule has 15 heavy (non-hydrogen) atoms. The molecule has 0 bridgehead atoms. The first-order valence-electron chi connectivity index (χ1n) is 5.29. The largest absolute Gasteiger partial charge is 0.317 e. The minimum absolute atomic E-state index is 0.532. The molecule has 2 aromatic heterocycles. The second-order valence-corrected chi connectivity index (χ2v) is 4.96. The topological polar surface area (TPSA) is 29.3 Å². The molecule has 2 heterocycles. The van der Waals surface area contributed by atoms with Gasteiger partial charge in [0.15, 0.2) is 4.96 Å². The Morgan fingerprint density at radius 3 is 3.00 bits per heavy atom. The van der Waals surface area contributed by atoms with Crippen LogP contribution in [0.5, 0.6) is 0 Å². The molecule has 0 saturated heterocycles. The van der Waals surface area contributed by atoms with Gasteiger partial charge in [-0.1, -0.05) is 6.92 Å². The molecule has 0 radical (unpaired) electrons. The van der Waals surface area contributed by atoms with Crippen molar-refractivity contribution < 1.29 is 0 Å². The average molecular weight is 223 g/mol. The molecule has 0 aliphatic rings. The number of nitrogens with zero attached hydrogens (tertiary/aromatic N) is 2. The Morgan fingerprint density at radius 2 is 2.33 bits per heavy atom. The standard InChI is InChI=1S/C11H17N3S/c1-8(9(2)12-3)6-10-7-14-4-5-15-11(14)13-10/h4-5,7-9,12H,6H2,1-3H3. The molecule has 1 N–H and O–H groups in total. The molecular formula is C11H17N3S. The molecule has 4 heteroatoms. The van der Waals surface area contributed by atoms with Gasteiger partial charge >= 0.3 is 0 Å². The summed E-state index contributed by atoms with van der Waals surface area (Å²) in [6.45, 7) is 4.47. The summed E-state index contributed by atoms with van der Waals surface area (Å²) < 4.78 is 2.09. The maximum absolute atomic E-state index is 4.58. The van der Waals surface area contributed by atoms with Gasteiger partial charge in [0.25, 0.3) is 0 Å². The maximum Gasteiger partial charge on any atom is 0.193 e. The molecule has 2 rings (SSSR count). The highest BCUT2D eigenvalue weighted by molar-refractivity contribution is 7.15. The fourth-order valence-corrected chi connectivity index (χ4v) is 2.38. The summed E-state index contributed by atoms with van der Waals surface area (Å²) in [5.74, 6) is 0.611. The first-order chi connectivity index (χ1) is 7.20. The van der Waals surface area contributed by atoms with E-state index in [4.69, 9.17) is 0 Å². The van der Waals surface area contributed by atoms with E-state index in [1.54, 1.807) is 11.3 Å². The number of imidazole rings is 1. The normalized spacial score (nSPS) is 15.7. The van der Waals surface area contributed by atoms with E-state index in [-0.39, 0.29) is 0 Å². The number of rotatable bonds is 4. The van der Waals surface area contributed by atoms with Crippen molar-refractivity contribution in [2.24, 2.45) is 5.92 Å². The van der Waals surface area contributed by atoms with Gasteiger partial charge in [0.05, 0.1) is 5.69 Å². The Balaban J connectivity index is 2.09. The lowest BCUT2D eigenvalue weighted by Gasteiger charge is -2.17. The summed E-state index contributed by atoms with van der Waals surface area (Å²) in [5.41, 5.74) is 1.19. The molecule has 0 aromatic carbocycles. The summed E-state index contributed by atoms with van der Waals surface area (Å²) in [7, 11) is 2.01. The van der Waals surface area contributed by atoms with Crippen LogP contribution in [0, 0.1) is 5.92 Å². The van der Waals surface area contributed by atoms with Crippen LogP contribution in [0.3, 0.4) is 0 Å². The average Bonchev–Trinajstić information content (AvgIpc) is 2.76. The summed E-state index contributed by atoms with van der Waals surface area (Å²) in [5, 5.41) is 5.34. The zero-order chi connectivity index (χ0) is 10.8. The molecule has 2 aromatic rings. The van der Waals surface area contributed by atoms with Gasteiger partial charge in [0.1, 0.15) is 0 Å². The third kappa shape index (κ3) is 2.21. The second kappa shape index (κ2) is 4.33. The maximum atomic E-state index is 4.58. The molecule has 0 aliphatic heterocycles. The van der Waals surface area contributed by atoms with Crippen molar-refractivity contribution in [2.75, 3.05) is 7.05 Å². The molecule has 0 aliphatic carbocycles. The lowest BCUT2D eigenvalue weighted by molar-refractivity contribution is 0.421. The molecule has 2 unspecified atom stereocenters. The van der Waals surface area contributed by atoms with Crippen LogP contribution >= 0.6 is 11.3 Å². The fourth-order valence-electron chi connectivity index (χ4n) is 1.67. The Labute approximate surface area is 94.1 Å². The van der Waals surface area contributed by atoms with Gasteiger partial charge in [0.2, 0.25) is 0 Å². The predicted octanol–water partition coefficient (Wildman–Crippen LogP) is 2.18. The number of fused-ring (bicyclic) bond motifs is 1. The summed E-state index contributed by atoms with van der Waals surface area (Å²) in [6.07, 6.45) is 5.23. The van der Waals surface area contributed by atoms with E-state index in [9.17, 15) is 0 Å². The van der Waals surface area contributed by atoms with Crippen molar-refractivity contribution in [1.82, 2.24) is 14.7 Å². The minimum atomic E-state index is 0.532. The van der Waals surface area contributed by atoms with E-state index in [2.05, 4.69) is 46.3 Å². The van der Waals surface area contributed by atoms with Gasteiger partial charge in [-0.15, -0.1) is 11.3 Å². The number of hydrogen-bond donors (Lipinski definition) is 1. The molecule has 0 spiro atoms. The summed E-state index contributed by atoms with van der Waals surface area (Å²) in [4.78, 5) is 5.68. The molecule has 0 amide bonds. The van der Waals surface area contributed by atoms with Crippen LogP contribution in [0.25, 0.3) is 4.96 Å². The highest BCUT2D eigenvalue weighted by atomic mass is 32.1. The van der Waals surface area contributed by atoms with Crippen LogP contribution in [-0.2, 0) is 6.42 Å². The van der Waals surface area contributed by atoms with Gasteiger partial charge in [-0.05, 0) is 26.3 Å². The van der Waals surface area contributed by atoms with Gasteiger partial charge in [-0.25, -0.2) is 4.98 Å². The molecule has 3 nitrogen and oxygen atoms in total. The van der Waals surface area contributed by atoms with Crippen molar-refractivity contribution in [3.63, 3.8) is 0 Å². The van der Waals surface area contributed by atoms with E-state index >= 15 is 0 Å². The second-order valence-electron chi connectivity index (χ2n) is 4.08. The Morgan fingerprint density at radius 1 is 1.53 bits per heavy atom. The van der Waals surface area contributed by atoms with E-state index in [1.807, 2.05) is 7.05 Å². The molecular weight excluding hydrogens is 206 g/mol. The van der Waals surface area contributed by atoms with Gasteiger partial charge in [0, 0.05) is 23.8 Å². The van der Waals surface area contributed by atoms with Crippen LogP contribution < -0.4 is 5.32 Å². The van der Waals surface area contributed by atoms with Crippen LogP contribution in [0.1, 0.15) is 19.5 Å². The number of thiazole rings is 1. The smallest absolute Gasteiger partial charge is 0.193 e. The Kier molecular flexibility index (Phi) is 3.07. The first kappa shape index (κ1) is 10.6. The SMILES string of the molecule is CNC(C)C(C)Cc1cn2ccsc2n1. The monoisotopic (exact) mass is 223 g/mol. The van der Waals surface area contributed by atoms with E-state index in [1.165, 1.54) is 5.69 Å². The Hall–Kier alpha value is -0.870. The van der Waals surface area contributed by atoms with Gasteiger partial charge in [-0.3, -0.25) is 4.40 Å². The van der Waals surface area contributed by atoms with E-state index in [0.717, 1.165) is 11.4 Å². The van der Waals surface area contributed by atoms with Crippen LogP contribution in [-0.4, -0.2) is 22.5 Å². The highest BCUT2D eigenvalue weighted by Gasteiger charge is 2.12. The van der Waals surface area contributed by atoms with Crippen molar-refractivity contribution in [3.8, 4) is 0 Å². The lowest BCUT2D eigenvalue weighted by atomic mass is 9.98. The Bertz CT molecular complexity index is 403.